The van der Waals surface area contributed by atoms with Gasteiger partial charge in [-0.1, -0.05) is 6.92 Å². The van der Waals surface area contributed by atoms with E-state index >= 15 is 0 Å². The lowest BCUT2D eigenvalue weighted by Gasteiger charge is -2.13. The Bertz CT molecular complexity index is 311. The van der Waals surface area contributed by atoms with Gasteiger partial charge in [-0.2, -0.15) is 0 Å². The summed E-state index contributed by atoms with van der Waals surface area (Å²) < 4.78 is 11.3. The lowest BCUT2D eigenvalue weighted by molar-refractivity contribution is 0.0971. The molecule has 2 atom stereocenters. The molecule has 1 fully saturated rings. The molecule has 1 N–H and O–H groups in total. The van der Waals surface area contributed by atoms with Gasteiger partial charge in [0.15, 0.2) is 0 Å². The zero-order chi connectivity index (χ0) is 10.7. The van der Waals surface area contributed by atoms with Crippen LogP contribution in [0.4, 0.5) is 0 Å². The zero-order valence-electron chi connectivity index (χ0n) is 9.32. The second-order valence-electron chi connectivity index (χ2n) is 3.90. The lowest BCUT2D eigenvalue weighted by Crippen LogP contribution is -2.12. The van der Waals surface area contributed by atoms with Crippen LogP contribution < -0.4 is 5.32 Å². The van der Waals surface area contributed by atoms with Gasteiger partial charge in [-0.25, -0.2) is 4.98 Å². The fourth-order valence-electron chi connectivity index (χ4n) is 2.11. The first-order valence-electron chi connectivity index (χ1n) is 5.56. The number of hydrogen-bond acceptors (Lipinski definition) is 4. The molecule has 4 heteroatoms. The van der Waals surface area contributed by atoms with E-state index in [4.69, 9.17) is 9.15 Å². The number of nitrogens with one attached hydrogen (secondary N) is 1. The van der Waals surface area contributed by atoms with Crippen LogP contribution >= 0.6 is 0 Å². The van der Waals surface area contributed by atoms with Crippen molar-refractivity contribution >= 4 is 0 Å². The number of rotatable bonds is 4. The van der Waals surface area contributed by atoms with Crippen molar-refractivity contribution in [2.75, 3.05) is 13.7 Å². The minimum atomic E-state index is 0.306. The Labute approximate surface area is 90.0 Å². The quantitative estimate of drug-likeness (QED) is 0.821. The van der Waals surface area contributed by atoms with Crippen LogP contribution in [0, 0.1) is 0 Å². The molecule has 0 aliphatic carbocycles. The summed E-state index contributed by atoms with van der Waals surface area (Å²) in [5.41, 5.74) is 0. The standard InChI is InChI=1S/C11H18N2O2/c1-3-9-8(4-5-14-9)10-6-13-11(15-10)7-12-2/h6,8-9,12H,3-5,7H2,1-2H3. The highest BCUT2D eigenvalue weighted by molar-refractivity contribution is 5.06. The van der Waals surface area contributed by atoms with Gasteiger partial charge in [0.1, 0.15) is 5.76 Å². The average molecular weight is 210 g/mol. The van der Waals surface area contributed by atoms with Crippen LogP contribution in [0.25, 0.3) is 0 Å². The van der Waals surface area contributed by atoms with Crippen LogP contribution in [-0.4, -0.2) is 24.7 Å². The number of nitrogens with zero attached hydrogens (tertiary/aromatic N) is 1. The lowest BCUT2D eigenvalue weighted by atomic mass is 9.97. The molecule has 0 spiro atoms. The van der Waals surface area contributed by atoms with Gasteiger partial charge < -0.3 is 14.5 Å². The van der Waals surface area contributed by atoms with Crippen molar-refractivity contribution < 1.29 is 9.15 Å². The number of oxazole rings is 1. The zero-order valence-corrected chi connectivity index (χ0v) is 9.32. The van der Waals surface area contributed by atoms with Crippen LogP contribution in [0.2, 0.25) is 0 Å². The van der Waals surface area contributed by atoms with Gasteiger partial charge in [0.25, 0.3) is 0 Å². The maximum atomic E-state index is 5.69. The molecule has 2 heterocycles. The topological polar surface area (TPSA) is 47.3 Å². The summed E-state index contributed by atoms with van der Waals surface area (Å²) in [6, 6.07) is 0. The normalized spacial score (nSPS) is 26.0. The van der Waals surface area contributed by atoms with Gasteiger partial charge in [0.2, 0.25) is 5.89 Å². The second-order valence-corrected chi connectivity index (χ2v) is 3.90. The third kappa shape index (κ3) is 2.21. The first-order chi connectivity index (χ1) is 7.35. The van der Waals surface area contributed by atoms with E-state index in [1.807, 2.05) is 13.2 Å². The van der Waals surface area contributed by atoms with E-state index in [9.17, 15) is 0 Å². The molecule has 0 bridgehead atoms. The highest BCUT2D eigenvalue weighted by Gasteiger charge is 2.30. The third-order valence-corrected chi connectivity index (χ3v) is 2.88. The van der Waals surface area contributed by atoms with E-state index < -0.39 is 0 Å². The summed E-state index contributed by atoms with van der Waals surface area (Å²) in [4.78, 5) is 4.23. The molecule has 0 radical (unpaired) electrons. The minimum absolute atomic E-state index is 0.306. The van der Waals surface area contributed by atoms with Gasteiger partial charge >= 0.3 is 0 Å². The summed E-state index contributed by atoms with van der Waals surface area (Å²) >= 11 is 0. The number of aromatic nitrogens is 1. The first-order valence-corrected chi connectivity index (χ1v) is 5.56. The fraction of sp³-hybridized carbons (Fsp3) is 0.727. The predicted octanol–water partition coefficient (Wildman–Crippen LogP) is 1.68. The maximum Gasteiger partial charge on any atom is 0.208 e. The molecule has 1 aliphatic rings. The van der Waals surface area contributed by atoms with Gasteiger partial charge in [-0.05, 0) is 19.9 Å². The molecule has 1 saturated heterocycles. The van der Waals surface area contributed by atoms with Crippen molar-refractivity contribution in [1.29, 1.82) is 0 Å². The van der Waals surface area contributed by atoms with Gasteiger partial charge in [0, 0.05) is 12.5 Å². The molecule has 1 aromatic heterocycles. The van der Waals surface area contributed by atoms with E-state index in [2.05, 4.69) is 17.2 Å². The van der Waals surface area contributed by atoms with Crippen LogP contribution in [0.15, 0.2) is 10.6 Å². The van der Waals surface area contributed by atoms with Crippen LogP contribution in [0.1, 0.15) is 37.3 Å². The van der Waals surface area contributed by atoms with Crippen molar-refractivity contribution in [3.63, 3.8) is 0 Å². The molecule has 0 amide bonds. The average Bonchev–Trinajstić information content (AvgIpc) is 2.84. The maximum absolute atomic E-state index is 5.69. The molecule has 4 nitrogen and oxygen atoms in total. The molecule has 2 unspecified atom stereocenters. The van der Waals surface area contributed by atoms with Crippen molar-refractivity contribution in [1.82, 2.24) is 10.3 Å². The summed E-state index contributed by atoms with van der Waals surface area (Å²) in [7, 11) is 1.89. The molecule has 0 aromatic carbocycles. The Morgan fingerprint density at radius 2 is 2.47 bits per heavy atom. The van der Waals surface area contributed by atoms with Gasteiger partial charge in [-0.15, -0.1) is 0 Å². The second kappa shape index (κ2) is 4.77. The van der Waals surface area contributed by atoms with Gasteiger partial charge in [0.05, 0.1) is 18.8 Å². The Balaban J connectivity index is 2.07. The molecule has 84 valence electrons. The highest BCUT2D eigenvalue weighted by Crippen LogP contribution is 2.33. The monoisotopic (exact) mass is 210 g/mol. The SMILES string of the molecule is CCC1OCCC1c1cnc(CNC)o1. The third-order valence-electron chi connectivity index (χ3n) is 2.88. The Morgan fingerprint density at radius 1 is 1.60 bits per heavy atom. The van der Waals surface area contributed by atoms with Crippen molar-refractivity contribution in [3.05, 3.63) is 17.8 Å². The van der Waals surface area contributed by atoms with Crippen molar-refractivity contribution in [2.45, 2.75) is 38.3 Å². The Morgan fingerprint density at radius 3 is 3.20 bits per heavy atom. The molecule has 15 heavy (non-hydrogen) atoms. The van der Waals surface area contributed by atoms with Crippen LogP contribution in [-0.2, 0) is 11.3 Å². The fourth-order valence-corrected chi connectivity index (χ4v) is 2.11. The summed E-state index contributed by atoms with van der Waals surface area (Å²) in [5.74, 6) is 2.13. The highest BCUT2D eigenvalue weighted by atomic mass is 16.5. The number of ether oxygens (including phenoxy) is 1. The molecule has 1 aliphatic heterocycles. The Hall–Kier alpha value is -0.870. The van der Waals surface area contributed by atoms with E-state index in [1.54, 1.807) is 0 Å². The molecule has 2 rings (SSSR count). The van der Waals surface area contributed by atoms with Gasteiger partial charge in [-0.3, -0.25) is 0 Å². The summed E-state index contributed by atoms with van der Waals surface area (Å²) in [5, 5.41) is 3.03. The minimum Gasteiger partial charge on any atom is -0.444 e. The molecule has 1 aromatic rings. The molecular weight excluding hydrogens is 192 g/mol. The Kier molecular flexibility index (Phi) is 3.38. The van der Waals surface area contributed by atoms with E-state index in [-0.39, 0.29) is 0 Å². The summed E-state index contributed by atoms with van der Waals surface area (Å²) in [6.45, 7) is 3.67. The largest absolute Gasteiger partial charge is 0.444 e. The van der Waals surface area contributed by atoms with Crippen LogP contribution in [0.5, 0.6) is 0 Å². The van der Waals surface area contributed by atoms with E-state index in [1.165, 1.54) is 0 Å². The molecular formula is C11H18N2O2. The van der Waals surface area contributed by atoms with Crippen molar-refractivity contribution in [3.8, 4) is 0 Å². The predicted molar refractivity (Wildman–Crippen MR) is 56.7 cm³/mol. The first kappa shape index (κ1) is 10.6. The van der Waals surface area contributed by atoms with E-state index in [0.29, 0.717) is 18.6 Å². The van der Waals surface area contributed by atoms with Crippen molar-refractivity contribution in [2.24, 2.45) is 0 Å². The smallest absolute Gasteiger partial charge is 0.208 e. The van der Waals surface area contributed by atoms with E-state index in [0.717, 1.165) is 31.1 Å². The summed E-state index contributed by atoms with van der Waals surface area (Å²) in [6.07, 6.45) is 4.23. The molecule has 0 saturated carbocycles. The number of hydrogen-bond donors (Lipinski definition) is 1. The van der Waals surface area contributed by atoms with Crippen LogP contribution in [0.3, 0.4) is 0 Å².